The second-order valence-electron chi connectivity index (χ2n) is 6.92. The highest BCUT2D eigenvalue weighted by Crippen LogP contribution is 2.45. The summed E-state index contributed by atoms with van der Waals surface area (Å²) in [5, 5.41) is 0. The highest BCUT2D eigenvalue weighted by atomic mass is 32.2. The first-order valence-electron chi connectivity index (χ1n) is 7.15. The standard InChI is InChI=1S/C14H27NO2S/c1-11-12(15-18(16)13(2,3)4)14(10-17-11)8-6-5-7-9-14/h11-12,15H,5-10H2,1-4H3/t11-,12+,18?/m0/s1. The van der Waals surface area contributed by atoms with Crippen LogP contribution < -0.4 is 4.72 Å². The molecule has 2 rings (SSSR count). The number of hydrogen-bond acceptors (Lipinski definition) is 2. The topological polar surface area (TPSA) is 38.3 Å². The van der Waals surface area contributed by atoms with Gasteiger partial charge in [0.25, 0.3) is 0 Å². The van der Waals surface area contributed by atoms with Gasteiger partial charge in [-0.1, -0.05) is 19.3 Å². The zero-order valence-corrected chi connectivity index (χ0v) is 12.9. The molecule has 4 heteroatoms. The van der Waals surface area contributed by atoms with Crippen LogP contribution in [-0.4, -0.2) is 27.7 Å². The molecule has 1 aliphatic carbocycles. The van der Waals surface area contributed by atoms with Crippen LogP contribution in [0.1, 0.15) is 59.8 Å². The fourth-order valence-corrected chi connectivity index (χ4v) is 4.23. The number of hydrogen-bond donors (Lipinski definition) is 1. The predicted molar refractivity (Wildman–Crippen MR) is 75.8 cm³/mol. The van der Waals surface area contributed by atoms with Crippen molar-refractivity contribution in [3.63, 3.8) is 0 Å². The van der Waals surface area contributed by atoms with E-state index in [1.54, 1.807) is 0 Å². The third-order valence-electron chi connectivity index (χ3n) is 4.40. The summed E-state index contributed by atoms with van der Waals surface area (Å²) in [4.78, 5) is 0. The van der Waals surface area contributed by atoms with E-state index in [2.05, 4.69) is 11.6 Å². The Morgan fingerprint density at radius 1 is 1.22 bits per heavy atom. The second-order valence-corrected chi connectivity index (χ2v) is 8.91. The van der Waals surface area contributed by atoms with Crippen molar-refractivity contribution in [3.05, 3.63) is 0 Å². The fraction of sp³-hybridized carbons (Fsp3) is 1.00. The van der Waals surface area contributed by atoms with E-state index in [1.807, 2.05) is 20.8 Å². The molecule has 0 radical (unpaired) electrons. The quantitative estimate of drug-likeness (QED) is 0.840. The van der Waals surface area contributed by atoms with Crippen LogP contribution in [0, 0.1) is 5.41 Å². The molecule has 1 saturated carbocycles. The summed E-state index contributed by atoms with van der Waals surface area (Å²) in [6, 6.07) is 0.248. The number of ether oxygens (including phenoxy) is 1. The third-order valence-corrected chi connectivity index (χ3v) is 5.98. The van der Waals surface area contributed by atoms with E-state index in [4.69, 9.17) is 4.74 Å². The van der Waals surface area contributed by atoms with Gasteiger partial charge in [0.05, 0.1) is 34.5 Å². The van der Waals surface area contributed by atoms with E-state index < -0.39 is 11.0 Å². The summed E-state index contributed by atoms with van der Waals surface area (Å²) in [5.41, 5.74) is 0.235. The molecule has 1 spiro atoms. The fourth-order valence-electron chi connectivity index (χ4n) is 3.21. The van der Waals surface area contributed by atoms with E-state index >= 15 is 0 Å². The van der Waals surface area contributed by atoms with E-state index in [0.717, 1.165) is 6.61 Å². The minimum atomic E-state index is -1.01. The molecule has 0 aromatic carbocycles. The normalized spacial score (nSPS) is 33.8. The number of rotatable bonds is 2. The van der Waals surface area contributed by atoms with E-state index in [0.29, 0.717) is 0 Å². The average Bonchev–Trinajstić information content (AvgIpc) is 2.58. The molecule has 3 nitrogen and oxygen atoms in total. The van der Waals surface area contributed by atoms with E-state index in [-0.39, 0.29) is 22.3 Å². The minimum Gasteiger partial charge on any atom is -0.376 e. The summed E-state index contributed by atoms with van der Waals surface area (Å²) < 4.78 is 21.4. The lowest BCUT2D eigenvalue weighted by Gasteiger charge is -2.39. The third kappa shape index (κ3) is 2.81. The van der Waals surface area contributed by atoms with Gasteiger partial charge in [0, 0.05) is 5.41 Å². The van der Waals surface area contributed by atoms with Crippen molar-refractivity contribution in [2.24, 2.45) is 5.41 Å². The molecule has 3 atom stereocenters. The van der Waals surface area contributed by atoms with Gasteiger partial charge in [0.15, 0.2) is 0 Å². The van der Waals surface area contributed by atoms with Crippen molar-refractivity contribution < 1.29 is 8.95 Å². The van der Waals surface area contributed by atoms with Gasteiger partial charge in [-0.3, -0.25) is 0 Å². The second kappa shape index (κ2) is 5.22. The average molecular weight is 273 g/mol. The Hall–Kier alpha value is 0.0700. The molecule has 0 bridgehead atoms. The van der Waals surface area contributed by atoms with Crippen LogP contribution in [-0.2, 0) is 15.7 Å². The van der Waals surface area contributed by atoms with Gasteiger partial charge in [0.2, 0.25) is 0 Å². The van der Waals surface area contributed by atoms with Crippen LogP contribution >= 0.6 is 0 Å². The Morgan fingerprint density at radius 3 is 2.39 bits per heavy atom. The molecule has 106 valence electrons. The van der Waals surface area contributed by atoms with Gasteiger partial charge >= 0.3 is 0 Å². The van der Waals surface area contributed by atoms with Gasteiger partial charge in [-0.2, -0.15) is 0 Å². The summed E-state index contributed by atoms with van der Waals surface area (Å²) in [6.45, 7) is 9.01. The lowest BCUT2D eigenvalue weighted by atomic mass is 9.70. The predicted octanol–water partition coefficient (Wildman–Crippen LogP) is 2.78. The van der Waals surface area contributed by atoms with Gasteiger partial charge in [-0.25, -0.2) is 8.93 Å². The van der Waals surface area contributed by atoms with Gasteiger partial charge in [-0.15, -0.1) is 0 Å². The molecule has 1 N–H and O–H groups in total. The molecule has 1 saturated heterocycles. The van der Waals surface area contributed by atoms with Crippen molar-refractivity contribution in [1.29, 1.82) is 0 Å². The largest absolute Gasteiger partial charge is 0.376 e. The molecule has 1 heterocycles. The highest BCUT2D eigenvalue weighted by Gasteiger charge is 2.49. The van der Waals surface area contributed by atoms with Crippen LogP contribution in [0.25, 0.3) is 0 Å². The van der Waals surface area contributed by atoms with Crippen molar-refractivity contribution in [2.75, 3.05) is 6.61 Å². The number of nitrogens with one attached hydrogen (secondary N) is 1. The van der Waals surface area contributed by atoms with E-state index in [9.17, 15) is 4.21 Å². The SMILES string of the molecule is C[C@@H]1OCC2(CCCCC2)[C@@H]1NS(=O)C(C)(C)C. The van der Waals surface area contributed by atoms with E-state index in [1.165, 1.54) is 32.1 Å². The van der Waals surface area contributed by atoms with Gasteiger partial charge < -0.3 is 4.74 Å². The van der Waals surface area contributed by atoms with Crippen molar-refractivity contribution in [2.45, 2.75) is 76.7 Å². The van der Waals surface area contributed by atoms with Gasteiger partial charge in [-0.05, 0) is 40.5 Å². The smallest absolute Gasteiger partial charge is 0.0973 e. The maximum Gasteiger partial charge on any atom is 0.0973 e. The van der Waals surface area contributed by atoms with Crippen LogP contribution in [0.15, 0.2) is 0 Å². The minimum absolute atomic E-state index is 0.175. The van der Waals surface area contributed by atoms with Crippen LogP contribution in [0.4, 0.5) is 0 Å². The van der Waals surface area contributed by atoms with Gasteiger partial charge in [0.1, 0.15) is 0 Å². The molecule has 1 aliphatic heterocycles. The zero-order chi connectivity index (χ0) is 13.4. The van der Waals surface area contributed by atoms with Crippen LogP contribution in [0.3, 0.4) is 0 Å². The van der Waals surface area contributed by atoms with Crippen molar-refractivity contribution in [3.8, 4) is 0 Å². The Labute approximate surface area is 114 Å². The molecule has 18 heavy (non-hydrogen) atoms. The molecule has 2 aliphatic rings. The maximum atomic E-state index is 12.3. The Bertz CT molecular complexity index is 313. The molecule has 2 fully saturated rings. The Balaban J connectivity index is 2.10. The summed E-state index contributed by atoms with van der Waals surface area (Å²) in [7, 11) is -1.01. The monoisotopic (exact) mass is 273 g/mol. The first-order valence-corrected chi connectivity index (χ1v) is 8.30. The molecular formula is C14H27NO2S. The van der Waals surface area contributed by atoms with Crippen molar-refractivity contribution >= 4 is 11.0 Å². The molecule has 1 unspecified atom stereocenters. The first-order chi connectivity index (χ1) is 8.35. The lowest BCUT2D eigenvalue weighted by molar-refractivity contribution is 0.0926. The van der Waals surface area contributed by atoms with Crippen molar-refractivity contribution in [1.82, 2.24) is 4.72 Å². The maximum absolute atomic E-state index is 12.3. The lowest BCUT2D eigenvalue weighted by Crippen LogP contribution is -2.51. The Morgan fingerprint density at radius 2 is 1.83 bits per heavy atom. The summed E-state index contributed by atoms with van der Waals surface area (Å²) in [6.07, 6.45) is 6.53. The molecule has 0 amide bonds. The first kappa shape index (κ1) is 14.5. The highest BCUT2D eigenvalue weighted by molar-refractivity contribution is 7.84. The zero-order valence-electron chi connectivity index (χ0n) is 12.1. The van der Waals surface area contributed by atoms with Crippen LogP contribution in [0.2, 0.25) is 0 Å². The Kier molecular flexibility index (Phi) is 4.20. The molecule has 0 aromatic heterocycles. The van der Waals surface area contributed by atoms with Crippen LogP contribution in [0.5, 0.6) is 0 Å². The summed E-state index contributed by atoms with van der Waals surface area (Å²) in [5.74, 6) is 0. The molecule has 0 aromatic rings. The molecular weight excluding hydrogens is 246 g/mol. The summed E-state index contributed by atoms with van der Waals surface area (Å²) >= 11 is 0.